The maximum atomic E-state index is 11.7. The van der Waals surface area contributed by atoms with Gasteiger partial charge < -0.3 is 9.84 Å². The second kappa shape index (κ2) is 5.66. The number of hydrogen-bond acceptors (Lipinski definition) is 7. The maximum absolute atomic E-state index is 11.7. The molecule has 1 aromatic heterocycles. The molecular formula is C10H16N4O4S. The van der Waals surface area contributed by atoms with Crippen LogP contribution in [-0.2, 0) is 10.0 Å². The third kappa shape index (κ3) is 3.51. The minimum atomic E-state index is -3.63. The van der Waals surface area contributed by atoms with Crippen LogP contribution >= 0.6 is 0 Å². The summed E-state index contributed by atoms with van der Waals surface area (Å²) in [5.41, 5.74) is 0. The monoisotopic (exact) mass is 288 g/mol. The number of amides is 1. The largest absolute Gasteiger partial charge is 0.337 e. The first-order valence-electron chi connectivity index (χ1n) is 6.13. The predicted octanol–water partition coefficient (Wildman–Crippen LogP) is -0.0363. The Balaban J connectivity index is 2.04. The van der Waals surface area contributed by atoms with E-state index in [9.17, 15) is 13.2 Å². The van der Waals surface area contributed by atoms with Crippen LogP contribution in [0.25, 0.3) is 0 Å². The van der Waals surface area contributed by atoms with Crippen LogP contribution in [0.4, 0.5) is 0 Å². The van der Waals surface area contributed by atoms with Crippen molar-refractivity contribution in [1.82, 2.24) is 20.2 Å². The predicted molar refractivity (Wildman–Crippen MR) is 65.8 cm³/mol. The Labute approximate surface area is 111 Å². The fraction of sp³-hybridized carbons (Fsp3) is 0.700. The van der Waals surface area contributed by atoms with Crippen molar-refractivity contribution in [3.05, 3.63) is 11.7 Å². The molecule has 2 rings (SSSR count). The number of rotatable bonds is 5. The molecule has 1 atom stereocenters. The van der Waals surface area contributed by atoms with Crippen molar-refractivity contribution in [3.8, 4) is 0 Å². The van der Waals surface area contributed by atoms with Gasteiger partial charge in [0.25, 0.3) is 5.82 Å². The first-order chi connectivity index (χ1) is 9.02. The van der Waals surface area contributed by atoms with Gasteiger partial charge in [-0.2, -0.15) is 4.98 Å². The van der Waals surface area contributed by atoms with Crippen molar-refractivity contribution in [3.63, 3.8) is 0 Å². The molecule has 0 radical (unpaired) electrons. The van der Waals surface area contributed by atoms with Gasteiger partial charge in [0.15, 0.2) is 0 Å². The van der Waals surface area contributed by atoms with E-state index in [1.807, 2.05) is 4.72 Å². The summed E-state index contributed by atoms with van der Waals surface area (Å²) in [6.07, 6.45) is 2.28. The van der Waals surface area contributed by atoms with Gasteiger partial charge in [0.1, 0.15) is 0 Å². The third-order valence-electron chi connectivity index (χ3n) is 2.72. The van der Waals surface area contributed by atoms with Crippen molar-refractivity contribution in [2.45, 2.75) is 32.2 Å². The summed E-state index contributed by atoms with van der Waals surface area (Å²) < 4.78 is 29.8. The zero-order valence-electron chi connectivity index (χ0n) is 10.5. The van der Waals surface area contributed by atoms with E-state index in [0.717, 1.165) is 19.4 Å². The van der Waals surface area contributed by atoms with Crippen LogP contribution in [0, 0.1) is 0 Å². The number of carbonyl (C=O) groups is 1. The highest BCUT2D eigenvalue weighted by molar-refractivity contribution is 7.90. The fourth-order valence-corrected chi connectivity index (χ4v) is 2.88. The molecule has 0 saturated carbocycles. The zero-order valence-corrected chi connectivity index (χ0v) is 11.4. The van der Waals surface area contributed by atoms with Crippen LogP contribution in [-0.4, -0.2) is 36.8 Å². The number of nitrogens with one attached hydrogen (secondary N) is 2. The molecule has 1 aromatic rings. The highest BCUT2D eigenvalue weighted by Gasteiger charge is 2.25. The van der Waals surface area contributed by atoms with Crippen LogP contribution in [0.3, 0.4) is 0 Å². The summed E-state index contributed by atoms with van der Waals surface area (Å²) >= 11 is 0. The van der Waals surface area contributed by atoms with Crippen LogP contribution < -0.4 is 10.0 Å². The third-order valence-corrected chi connectivity index (χ3v) is 4.17. The first-order valence-corrected chi connectivity index (χ1v) is 7.79. The Morgan fingerprint density at radius 2 is 2.37 bits per heavy atom. The standard InChI is InChI=1S/C10H16N4O4S/c1-2-6-19(16,17)14-9(15)8-12-10(18-13-8)7-4-3-5-11-7/h7,11H,2-6H2,1H3,(H,14,15). The summed E-state index contributed by atoms with van der Waals surface area (Å²) in [6, 6.07) is -0.0544. The Morgan fingerprint density at radius 3 is 3.00 bits per heavy atom. The number of sulfonamides is 1. The van der Waals surface area contributed by atoms with E-state index in [1.165, 1.54) is 0 Å². The topological polar surface area (TPSA) is 114 Å². The molecule has 2 N–H and O–H groups in total. The molecule has 0 bridgehead atoms. The van der Waals surface area contributed by atoms with Gasteiger partial charge in [-0.15, -0.1) is 0 Å². The molecule has 1 unspecified atom stereocenters. The van der Waals surface area contributed by atoms with E-state index in [0.29, 0.717) is 12.3 Å². The smallest absolute Gasteiger partial charge is 0.306 e. The maximum Gasteiger partial charge on any atom is 0.306 e. The summed E-state index contributed by atoms with van der Waals surface area (Å²) in [6.45, 7) is 2.57. The lowest BCUT2D eigenvalue weighted by atomic mass is 10.2. The molecule has 0 spiro atoms. The molecule has 1 amide bonds. The van der Waals surface area contributed by atoms with E-state index >= 15 is 0 Å². The molecule has 2 heterocycles. The van der Waals surface area contributed by atoms with Gasteiger partial charge in [0.05, 0.1) is 11.8 Å². The SMILES string of the molecule is CCCS(=O)(=O)NC(=O)c1noc(C2CCCN2)n1. The van der Waals surface area contributed by atoms with E-state index in [-0.39, 0.29) is 17.6 Å². The Hall–Kier alpha value is -1.48. The Kier molecular flexibility index (Phi) is 4.15. The Bertz CT molecular complexity index is 548. The van der Waals surface area contributed by atoms with Gasteiger partial charge in [-0.05, 0) is 25.8 Å². The molecule has 0 aliphatic carbocycles. The minimum absolute atomic E-state index is 0.0544. The normalized spacial score (nSPS) is 19.5. The average molecular weight is 288 g/mol. The molecule has 8 nitrogen and oxygen atoms in total. The lowest BCUT2D eigenvalue weighted by Crippen LogP contribution is -2.33. The van der Waals surface area contributed by atoms with Crippen molar-refractivity contribution in [2.24, 2.45) is 0 Å². The highest BCUT2D eigenvalue weighted by Crippen LogP contribution is 2.20. The van der Waals surface area contributed by atoms with Crippen LogP contribution in [0.2, 0.25) is 0 Å². The summed E-state index contributed by atoms with van der Waals surface area (Å²) in [7, 11) is -3.63. The van der Waals surface area contributed by atoms with Gasteiger partial charge in [-0.3, -0.25) is 4.79 Å². The lowest BCUT2D eigenvalue weighted by molar-refractivity contribution is 0.0968. The van der Waals surface area contributed by atoms with Gasteiger partial charge in [0.2, 0.25) is 15.9 Å². The number of carbonyl (C=O) groups excluding carboxylic acids is 1. The summed E-state index contributed by atoms with van der Waals surface area (Å²) in [5.74, 6) is -0.923. The molecule has 1 aliphatic rings. The zero-order chi connectivity index (χ0) is 13.9. The molecule has 106 valence electrons. The second-order valence-corrected chi connectivity index (χ2v) is 6.20. The van der Waals surface area contributed by atoms with Gasteiger partial charge >= 0.3 is 5.91 Å². The van der Waals surface area contributed by atoms with Gasteiger partial charge in [-0.25, -0.2) is 13.1 Å². The van der Waals surface area contributed by atoms with Crippen LogP contribution in [0.1, 0.15) is 48.7 Å². The molecule has 0 aromatic carbocycles. The van der Waals surface area contributed by atoms with Gasteiger partial charge in [0, 0.05) is 0 Å². The van der Waals surface area contributed by atoms with E-state index < -0.39 is 15.9 Å². The van der Waals surface area contributed by atoms with E-state index in [4.69, 9.17) is 4.52 Å². The van der Waals surface area contributed by atoms with Crippen molar-refractivity contribution in [2.75, 3.05) is 12.3 Å². The summed E-state index contributed by atoms with van der Waals surface area (Å²) in [5, 5.41) is 6.65. The summed E-state index contributed by atoms with van der Waals surface area (Å²) in [4.78, 5) is 15.6. The molecule has 1 saturated heterocycles. The lowest BCUT2D eigenvalue weighted by Gasteiger charge is -2.02. The number of nitrogens with zero attached hydrogens (tertiary/aromatic N) is 2. The van der Waals surface area contributed by atoms with Crippen molar-refractivity contribution >= 4 is 15.9 Å². The van der Waals surface area contributed by atoms with Crippen molar-refractivity contribution < 1.29 is 17.7 Å². The molecule has 1 aliphatic heterocycles. The van der Waals surface area contributed by atoms with Crippen molar-refractivity contribution in [1.29, 1.82) is 0 Å². The first kappa shape index (κ1) is 13.9. The van der Waals surface area contributed by atoms with E-state index in [1.54, 1.807) is 6.92 Å². The Morgan fingerprint density at radius 1 is 1.58 bits per heavy atom. The highest BCUT2D eigenvalue weighted by atomic mass is 32.2. The molecular weight excluding hydrogens is 272 g/mol. The molecule has 1 fully saturated rings. The fourth-order valence-electron chi connectivity index (χ4n) is 1.87. The van der Waals surface area contributed by atoms with E-state index in [2.05, 4.69) is 15.5 Å². The number of aromatic nitrogens is 2. The average Bonchev–Trinajstić information content (AvgIpc) is 2.99. The minimum Gasteiger partial charge on any atom is -0.337 e. The molecule has 9 heteroatoms. The number of hydrogen-bond donors (Lipinski definition) is 2. The van der Waals surface area contributed by atoms with Crippen LogP contribution in [0.15, 0.2) is 4.52 Å². The second-order valence-electron chi connectivity index (χ2n) is 4.36. The van der Waals surface area contributed by atoms with Crippen LogP contribution in [0.5, 0.6) is 0 Å². The quantitative estimate of drug-likeness (QED) is 0.781. The van der Waals surface area contributed by atoms with Gasteiger partial charge in [-0.1, -0.05) is 12.1 Å². The molecule has 19 heavy (non-hydrogen) atoms.